The summed E-state index contributed by atoms with van der Waals surface area (Å²) in [7, 11) is 0. The zero-order chi connectivity index (χ0) is 21.2. The summed E-state index contributed by atoms with van der Waals surface area (Å²) in [5.74, 6) is -1.57. The number of hydrogen-bond donors (Lipinski definition) is 3. The molecule has 1 aromatic heterocycles. The number of rotatable bonds is 5. The Morgan fingerprint density at radius 2 is 1.76 bits per heavy atom. The molecule has 1 atom stereocenters. The number of anilines is 1. The van der Waals surface area contributed by atoms with E-state index >= 15 is 0 Å². The molecular formula is C18H14F3N5O3. The second-order valence-electron chi connectivity index (χ2n) is 6.07. The Kier molecular flexibility index (Phi) is 5.31. The summed E-state index contributed by atoms with van der Waals surface area (Å²) in [6, 6.07) is 7.26. The van der Waals surface area contributed by atoms with Gasteiger partial charge in [-0.2, -0.15) is 23.4 Å². The summed E-state index contributed by atoms with van der Waals surface area (Å²) in [5.41, 5.74) is -0.775. The summed E-state index contributed by atoms with van der Waals surface area (Å²) in [6.07, 6.45) is -4.66. The van der Waals surface area contributed by atoms with Gasteiger partial charge >= 0.3 is 11.9 Å². The molecule has 1 amide bonds. The summed E-state index contributed by atoms with van der Waals surface area (Å²) in [4.78, 5) is 40.5. The van der Waals surface area contributed by atoms with Gasteiger partial charge in [-0.3, -0.25) is 9.59 Å². The van der Waals surface area contributed by atoms with Crippen LogP contribution in [0.1, 0.15) is 12.5 Å². The maximum Gasteiger partial charge on any atom is 0.418 e. The molecule has 3 N–H and O–H groups in total. The van der Waals surface area contributed by atoms with Gasteiger partial charge in [-0.25, -0.2) is 4.79 Å². The third kappa shape index (κ3) is 4.57. The smallest absolute Gasteiger partial charge is 0.324 e. The molecule has 150 valence electrons. The maximum absolute atomic E-state index is 13.0. The number of H-pyrrole nitrogens is 2. The van der Waals surface area contributed by atoms with Crippen LogP contribution in [0.15, 0.2) is 57.5 Å². The van der Waals surface area contributed by atoms with E-state index in [2.05, 4.69) is 25.5 Å². The molecule has 0 saturated heterocycles. The lowest BCUT2D eigenvalue weighted by Crippen LogP contribution is -2.31. The van der Waals surface area contributed by atoms with Crippen molar-refractivity contribution < 1.29 is 22.8 Å². The van der Waals surface area contributed by atoms with E-state index in [0.29, 0.717) is 11.0 Å². The van der Waals surface area contributed by atoms with E-state index in [1.54, 1.807) is 0 Å². The van der Waals surface area contributed by atoms with Gasteiger partial charge in [0.15, 0.2) is 5.78 Å². The van der Waals surface area contributed by atoms with Crippen molar-refractivity contribution in [3.63, 3.8) is 0 Å². The molecule has 0 spiro atoms. The molecule has 2 aromatic carbocycles. The molecule has 3 rings (SSSR count). The molecule has 0 aliphatic carbocycles. The SMILES string of the molecule is CC(=O)C(/N=N/c1ccccc1C(F)(F)F)C(=O)Nc1ccc2[nH]c(=O)[nH]c2c1. The van der Waals surface area contributed by atoms with Crippen molar-refractivity contribution in [3.05, 3.63) is 58.5 Å². The van der Waals surface area contributed by atoms with Crippen molar-refractivity contribution in [2.75, 3.05) is 5.32 Å². The first-order chi connectivity index (χ1) is 13.6. The van der Waals surface area contributed by atoms with Crippen LogP contribution in [-0.2, 0) is 15.8 Å². The van der Waals surface area contributed by atoms with Crippen molar-refractivity contribution in [2.24, 2.45) is 10.2 Å². The van der Waals surface area contributed by atoms with Crippen molar-refractivity contribution in [1.82, 2.24) is 9.97 Å². The highest BCUT2D eigenvalue weighted by Crippen LogP contribution is 2.36. The minimum atomic E-state index is -4.66. The average Bonchev–Trinajstić information content (AvgIpc) is 3.00. The van der Waals surface area contributed by atoms with Gasteiger partial charge in [0.25, 0.3) is 5.91 Å². The molecule has 0 fully saturated rings. The van der Waals surface area contributed by atoms with Crippen molar-refractivity contribution in [2.45, 2.75) is 19.1 Å². The van der Waals surface area contributed by atoms with E-state index in [0.717, 1.165) is 19.1 Å². The Labute approximate surface area is 160 Å². The maximum atomic E-state index is 13.0. The van der Waals surface area contributed by atoms with Crippen LogP contribution in [0, 0.1) is 0 Å². The lowest BCUT2D eigenvalue weighted by molar-refractivity contribution is -0.137. The van der Waals surface area contributed by atoms with E-state index in [1.807, 2.05) is 0 Å². The third-order valence-corrected chi connectivity index (χ3v) is 3.91. The molecule has 0 aliphatic rings. The zero-order valence-corrected chi connectivity index (χ0v) is 14.9. The number of benzene rings is 2. The van der Waals surface area contributed by atoms with Gasteiger partial charge in [-0.05, 0) is 37.3 Å². The third-order valence-electron chi connectivity index (χ3n) is 3.91. The summed E-state index contributed by atoms with van der Waals surface area (Å²) in [6.45, 7) is 1.08. The van der Waals surface area contributed by atoms with Crippen LogP contribution in [0.4, 0.5) is 24.5 Å². The molecule has 1 unspecified atom stereocenters. The zero-order valence-electron chi connectivity index (χ0n) is 14.9. The summed E-state index contributed by atoms with van der Waals surface area (Å²) < 4.78 is 39.1. The highest BCUT2D eigenvalue weighted by atomic mass is 19.4. The standard InChI is InChI=1S/C18H14F3N5O3/c1-9(27)15(26-25-12-5-3-2-4-11(12)18(19,20)21)16(28)22-10-6-7-13-14(8-10)24-17(29)23-13/h2-8,15H,1H3,(H,22,28)(H2,23,24,29)/b26-25+. The van der Waals surface area contributed by atoms with Crippen molar-refractivity contribution in [1.29, 1.82) is 0 Å². The predicted octanol–water partition coefficient (Wildman–Crippen LogP) is 3.56. The lowest BCUT2D eigenvalue weighted by Gasteiger charge is -2.11. The number of aromatic nitrogens is 2. The molecule has 0 radical (unpaired) electrons. The van der Waals surface area contributed by atoms with Gasteiger partial charge in [-0.1, -0.05) is 12.1 Å². The van der Waals surface area contributed by atoms with Crippen LogP contribution in [0.3, 0.4) is 0 Å². The van der Waals surface area contributed by atoms with E-state index in [-0.39, 0.29) is 5.69 Å². The van der Waals surface area contributed by atoms with Gasteiger partial charge < -0.3 is 15.3 Å². The molecule has 11 heteroatoms. The number of fused-ring (bicyclic) bond motifs is 1. The highest BCUT2D eigenvalue weighted by Gasteiger charge is 2.33. The lowest BCUT2D eigenvalue weighted by atomic mass is 10.2. The molecule has 3 aromatic rings. The van der Waals surface area contributed by atoms with Crippen LogP contribution in [-0.4, -0.2) is 27.7 Å². The molecule has 29 heavy (non-hydrogen) atoms. The fraction of sp³-hybridized carbons (Fsp3) is 0.167. The number of carbonyl (C=O) groups excluding carboxylic acids is 2. The van der Waals surface area contributed by atoms with E-state index in [4.69, 9.17) is 0 Å². The summed E-state index contributed by atoms with van der Waals surface area (Å²) >= 11 is 0. The second-order valence-corrected chi connectivity index (χ2v) is 6.07. The number of halogens is 3. The fourth-order valence-electron chi connectivity index (χ4n) is 2.56. The Morgan fingerprint density at radius 1 is 1.07 bits per heavy atom. The largest absolute Gasteiger partial charge is 0.418 e. The molecule has 8 nitrogen and oxygen atoms in total. The van der Waals surface area contributed by atoms with Crippen LogP contribution in [0.2, 0.25) is 0 Å². The quantitative estimate of drug-likeness (QED) is 0.445. The molecule has 1 heterocycles. The number of nitrogens with one attached hydrogen (secondary N) is 3. The Bertz CT molecular complexity index is 1160. The summed E-state index contributed by atoms with van der Waals surface area (Å²) in [5, 5.41) is 9.44. The van der Waals surface area contributed by atoms with Gasteiger partial charge in [0, 0.05) is 5.69 Å². The number of ketones is 1. The highest BCUT2D eigenvalue weighted by molar-refractivity contribution is 6.10. The van der Waals surface area contributed by atoms with Crippen LogP contribution in [0.25, 0.3) is 11.0 Å². The van der Waals surface area contributed by atoms with E-state index in [1.165, 1.54) is 30.3 Å². The van der Waals surface area contributed by atoms with Crippen LogP contribution in [0.5, 0.6) is 0 Å². The van der Waals surface area contributed by atoms with E-state index < -0.39 is 40.8 Å². The number of imidazole rings is 1. The number of Topliss-reactive ketones (excluding diaryl/α,β-unsaturated/α-hetero) is 1. The topological polar surface area (TPSA) is 120 Å². The van der Waals surface area contributed by atoms with Crippen LogP contribution < -0.4 is 11.0 Å². The number of carbonyl (C=O) groups is 2. The van der Waals surface area contributed by atoms with E-state index in [9.17, 15) is 27.6 Å². The number of aromatic amines is 2. The molecular weight excluding hydrogens is 391 g/mol. The number of amides is 1. The van der Waals surface area contributed by atoms with Crippen molar-refractivity contribution in [3.8, 4) is 0 Å². The van der Waals surface area contributed by atoms with Gasteiger partial charge in [0.2, 0.25) is 6.04 Å². The molecule has 0 saturated carbocycles. The van der Waals surface area contributed by atoms with Crippen LogP contribution >= 0.6 is 0 Å². The molecule has 0 aliphatic heterocycles. The molecule has 0 bridgehead atoms. The average molecular weight is 405 g/mol. The van der Waals surface area contributed by atoms with Crippen molar-refractivity contribution >= 4 is 34.1 Å². The minimum absolute atomic E-state index is 0.259. The Hall–Kier alpha value is -3.76. The Balaban J connectivity index is 1.84. The van der Waals surface area contributed by atoms with Gasteiger partial charge in [0.05, 0.1) is 22.3 Å². The minimum Gasteiger partial charge on any atom is -0.324 e. The first-order valence-corrected chi connectivity index (χ1v) is 8.25. The number of azo groups is 1. The monoisotopic (exact) mass is 405 g/mol. The van der Waals surface area contributed by atoms with Gasteiger partial charge in [0.1, 0.15) is 0 Å². The predicted molar refractivity (Wildman–Crippen MR) is 98.0 cm³/mol. The number of hydrogen-bond acceptors (Lipinski definition) is 5. The number of nitrogens with zero attached hydrogens (tertiary/aromatic N) is 2. The normalized spacial score (nSPS) is 13.0. The second kappa shape index (κ2) is 7.70. The van der Waals surface area contributed by atoms with Gasteiger partial charge in [-0.15, -0.1) is 0 Å². The fourth-order valence-corrected chi connectivity index (χ4v) is 2.56. The number of alkyl halides is 3. The first-order valence-electron chi connectivity index (χ1n) is 8.25. The Morgan fingerprint density at radius 3 is 2.45 bits per heavy atom. The first kappa shape index (κ1) is 20.0.